The zero-order chi connectivity index (χ0) is 25.7. The molecule has 0 atom stereocenters. The molecule has 0 aliphatic rings. The third-order valence-electron chi connectivity index (χ3n) is 5.68. The number of benzene rings is 2. The smallest absolute Gasteiger partial charge is 0.333 e. The van der Waals surface area contributed by atoms with E-state index >= 15 is 0 Å². The minimum absolute atomic E-state index is 0.0619. The fraction of sp³-hybridized carbons (Fsp3) is 0.167. The predicted octanol–water partition coefficient (Wildman–Crippen LogP) is 4.97. The summed E-state index contributed by atoms with van der Waals surface area (Å²) in [6.45, 7) is 3.86. The topological polar surface area (TPSA) is 122 Å². The number of fused-ring (bicyclic) bond motifs is 1. The lowest BCUT2D eigenvalue weighted by molar-refractivity contribution is 0.441. The molecule has 0 spiro atoms. The van der Waals surface area contributed by atoms with E-state index in [1.54, 1.807) is 36.4 Å². The monoisotopic (exact) mass is 544 g/mol. The van der Waals surface area contributed by atoms with Gasteiger partial charge in [-0.15, -0.1) is 0 Å². The molecule has 0 radical (unpaired) electrons. The lowest BCUT2D eigenvalue weighted by Gasteiger charge is -2.09. The van der Waals surface area contributed by atoms with Gasteiger partial charge in [0.25, 0.3) is 5.56 Å². The summed E-state index contributed by atoms with van der Waals surface area (Å²) in [4.78, 5) is 35.1. The van der Waals surface area contributed by atoms with Crippen LogP contribution >= 0.6 is 34.8 Å². The number of hydrogen-bond acceptors (Lipinski definition) is 5. The van der Waals surface area contributed by atoms with Gasteiger partial charge in [-0.3, -0.25) is 4.79 Å². The molecular weight excluding hydrogens is 527 g/mol. The molecule has 3 aromatic heterocycles. The molecular formula is C24H19Cl3N6O3. The molecule has 0 saturated heterocycles. The van der Waals surface area contributed by atoms with Crippen molar-refractivity contribution < 1.29 is 5.11 Å². The van der Waals surface area contributed by atoms with Crippen molar-refractivity contribution in [1.29, 1.82) is 0 Å². The maximum Gasteiger partial charge on any atom is 0.333 e. The van der Waals surface area contributed by atoms with E-state index in [0.29, 0.717) is 45.4 Å². The maximum atomic E-state index is 13.2. The highest BCUT2D eigenvalue weighted by molar-refractivity contribution is 6.40. The van der Waals surface area contributed by atoms with Crippen LogP contribution in [0.1, 0.15) is 36.8 Å². The van der Waals surface area contributed by atoms with Crippen LogP contribution in [-0.2, 0) is 6.42 Å². The van der Waals surface area contributed by atoms with Crippen LogP contribution in [0.5, 0.6) is 5.88 Å². The zero-order valence-electron chi connectivity index (χ0n) is 19.0. The molecule has 0 fully saturated rings. The molecule has 0 saturated carbocycles. The highest BCUT2D eigenvalue weighted by atomic mass is 35.5. The number of nitrogens with zero attached hydrogens (tertiary/aromatic N) is 4. The Morgan fingerprint density at radius 2 is 1.72 bits per heavy atom. The SMILES string of the molecule is CC(C)c1nn(-c2c(Cl)cc(Cl)cc2Cl)c2nc(Cc3ccc(-n4c(O)c[nH]c4=O)cc3)[nH]c(=O)c12. The Morgan fingerprint density at radius 1 is 1.06 bits per heavy atom. The molecule has 0 amide bonds. The van der Waals surface area contributed by atoms with Gasteiger partial charge in [0.15, 0.2) is 5.65 Å². The Morgan fingerprint density at radius 3 is 2.31 bits per heavy atom. The number of rotatable bonds is 5. The maximum absolute atomic E-state index is 13.2. The van der Waals surface area contributed by atoms with Crippen molar-refractivity contribution in [3.05, 3.63) is 95.6 Å². The van der Waals surface area contributed by atoms with Gasteiger partial charge in [0, 0.05) is 11.4 Å². The zero-order valence-corrected chi connectivity index (χ0v) is 21.3. The van der Waals surface area contributed by atoms with E-state index in [4.69, 9.17) is 39.8 Å². The van der Waals surface area contributed by atoms with E-state index in [1.807, 2.05) is 13.8 Å². The van der Waals surface area contributed by atoms with Crippen LogP contribution < -0.4 is 11.2 Å². The van der Waals surface area contributed by atoms with E-state index in [2.05, 4.69) is 15.1 Å². The average molecular weight is 546 g/mol. The number of aromatic nitrogens is 6. The number of halogens is 3. The molecule has 9 nitrogen and oxygen atoms in total. The summed E-state index contributed by atoms with van der Waals surface area (Å²) in [5, 5.41) is 15.8. The first-order valence-corrected chi connectivity index (χ1v) is 12.0. The quantitative estimate of drug-likeness (QED) is 0.288. The Kier molecular flexibility index (Phi) is 6.15. The lowest BCUT2D eigenvalue weighted by Crippen LogP contribution is -2.15. The number of hydrogen-bond donors (Lipinski definition) is 3. The minimum Gasteiger partial charge on any atom is -0.493 e. The van der Waals surface area contributed by atoms with Crippen LogP contribution in [0, 0.1) is 0 Å². The van der Waals surface area contributed by atoms with Gasteiger partial charge in [-0.25, -0.2) is 19.0 Å². The third-order valence-corrected chi connectivity index (χ3v) is 6.47. The van der Waals surface area contributed by atoms with Crippen LogP contribution in [0.3, 0.4) is 0 Å². The predicted molar refractivity (Wildman–Crippen MR) is 139 cm³/mol. The molecule has 5 rings (SSSR count). The van der Waals surface area contributed by atoms with E-state index in [9.17, 15) is 14.7 Å². The first-order valence-electron chi connectivity index (χ1n) is 10.9. The van der Waals surface area contributed by atoms with Crippen molar-refractivity contribution in [3.63, 3.8) is 0 Å². The molecule has 0 aliphatic carbocycles. The third kappa shape index (κ3) is 4.19. The van der Waals surface area contributed by atoms with Crippen molar-refractivity contribution in [3.8, 4) is 17.3 Å². The van der Waals surface area contributed by atoms with Crippen LogP contribution in [0.25, 0.3) is 22.4 Å². The van der Waals surface area contributed by atoms with Crippen LogP contribution in [-0.4, -0.2) is 34.4 Å². The Bertz CT molecular complexity index is 1710. The number of aromatic hydroxyl groups is 1. The second-order valence-corrected chi connectivity index (χ2v) is 9.76. The largest absolute Gasteiger partial charge is 0.493 e. The molecule has 0 unspecified atom stereocenters. The van der Waals surface area contributed by atoms with Gasteiger partial charge >= 0.3 is 5.69 Å². The number of aromatic amines is 2. The molecule has 0 aliphatic heterocycles. The molecule has 0 bridgehead atoms. The second-order valence-electron chi connectivity index (χ2n) is 8.51. The number of imidazole rings is 1. The Labute approximate surface area is 218 Å². The highest BCUT2D eigenvalue weighted by Gasteiger charge is 2.23. The van der Waals surface area contributed by atoms with Crippen molar-refractivity contribution in [2.45, 2.75) is 26.2 Å². The normalized spacial score (nSPS) is 11.6. The van der Waals surface area contributed by atoms with Crippen molar-refractivity contribution >= 4 is 45.8 Å². The number of H-pyrrole nitrogens is 2. The van der Waals surface area contributed by atoms with E-state index in [-0.39, 0.29) is 27.4 Å². The van der Waals surface area contributed by atoms with Crippen LogP contribution in [0.4, 0.5) is 0 Å². The minimum atomic E-state index is -0.453. The molecule has 5 aromatic rings. The first-order chi connectivity index (χ1) is 17.1. The van der Waals surface area contributed by atoms with E-state index < -0.39 is 5.69 Å². The molecule has 2 aromatic carbocycles. The fourth-order valence-electron chi connectivity index (χ4n) is 4.04. The van der Waals surface area contributed by atoms with Gasteiger partial charge in [0.1, 0.15) is 16.9 Å². The summed E-state index contributed by atoms with van der Waals surface area (Å²) in [6, 6.07) is 10.0. The summed E-state index contributed by atoms with van der Waals surface area (Å²) in [5.74, 6) is 0.144. The van der Waals surface area contributed by atoms with Gasteiger partial charge in [-0.2, -0.15) is 5.10 Å². The summed E-state index contributed by atoms with van der Waals surface area (Å²) in [7, 11) is 0. The standard InChI is InChI=1S/C24H19Cl3N6O3/c1-11(2)20-19-22(33(31-20)21-15(26)8-13(25)9-16(21)27)29-17(30-23(19)35)7-12-3-5-14(6-4-12)32-18(34)10-28-24(32)36/h3-6,8-11,34H,7H2,1-2H3,(H,28,36)(H,29,30,35). The summed E-state index contributed by atoms with van der Waals surface area (Å²) in [5.41, 5.74) is 1.80. The Hall–Kier alpha value is -3.53. The van der Waals surface area contributed by atoms with E-state index in [1.165, 1.54) is 10.9 Å². The first kappa shape index (κ1) is 24.2. The average Bonchev–Trinajstić information content (AvgIpc) is 3.34. The van der Waals surface area contributed by atoms with Gasteiger partial charge in [-0.05, 0) is 35.7 Å². The van der Waals surface area contributed by atoms with Crippen LogP contribution in [0.15, 0.2) is 52.2 Å². The van der Waals surface area contributed by atoms with Crippen molar-refractivity contribution in [1.82, 2.24) is 29.3 Å². The number of nitrogens with one attached hydrogen (secondary N) is 2. The molecule has 3 N–H and O–H groups in total. The highest BCUT2D eigenvalue weighted by Crippen LogP contribution is 2.34. The Balaban J connectivity index is 1.60. The fourth-order valence-corrected chi connectivity index (χ4v) is 5.02. The molecule has 3 heterocycles. The van der Waals surface area contributed by atoms with Gasteiger partial charge < -0.3 is 15.1 Å². The summed E-state index contributed by atoms with van der Waals surface area (Å²) >= 11 is 19.0. The van der Waals surface area contributed by atoms with Crippen LogP contribution in [0.2, 0.25) is 15.1 Å². The summed E-state index contributed by atoms with van der Waals surface area (Å²) in [6.07, 6.45) is 1.51. The summed E-state index contributed by atoms with van der Waals surface area (Å²) < 4.78 is 2.62. The lowest BCUT2D eigenvalue weighted by atomic mass is 10.1. The van der Waals surface area contributed by atoms with Crippen molar-refractivity contribution in [2.24, 2.45) is 0 Å². The van der Waals surface area contributed by atoms with E-state index in [0.717, 1.165) is 10.1 Å². The van der Waals surface area contributed by atoms with Gasteiger partial charge in [0.05, 0.1) is 27.6 Å². The molecule has 36 heavy (non-hydrogen) atoms. The molecule has 12 heteroatoms. The van der Waals surface area contributed by atoms with Gasteiger partial charge in [-0.1, -0.05) is 60.8 Å². The van der Waals surface area contributed by atoms with Gasteiger partial charge in [0.2, 0.25) is 5.88 Å². The molecule has 184 valence electrons. The van der Waals surface area contributed by atoms with Crippen molar-refractivity contribution in [2.75, 3.05) is 0 Å². The second kappa shape index (κ2) is 9.16.